The quantitative estimate of drug-likeness (QED) is 0.408. The van der Waals surface area contributed by atoms with Gasteiger partial charge in [0.05, 0.1) is 17.8 Å². The third kappa shape index (κ3) is 14.1. The van der Waals surface area contributed by atoms with Crippen LogP contribution in [-0.2, 0) is 25.7 Å². The summed E-state index contributed by atoms with van der Waals surface area (Å²) < 4.78 is 101. The molecule has 0 bridgehead atoms. The molecule has 242 valence electrons. The highest BCUT2D eigenvalue weighted by Crippen LogP contribution is 2.32. The predicted molar refractivity (Wildman–Crippen MR) is 125 cm³/mol. The lowest BCUT2D eigenvalue weighted by Crippen LogP contribution is -2.47. The van der Waals surface area contributed by atoms with Crippen LogP contribution in [0, 0.1) is 0 Å². The van der Waals surface area contributed by atoms with E-state index in [-0.39, 0.29) is 0 Å². The zero-order valence-corrected chi connectivity index (χ0v) is 22.2. The molecule has 3 atom stereocenters. The Morgan fingerprint density at radius 1 is 0.905 bits per heavy atom. The molecule has 3 heterocycles. The van der Waals surface area contributed by atoms with Gasteiger partial charge in [0.1, 0.15) is 0 Å². The number of aliphatic carboxylic acids is 3. The predicted octanol–water partition coefficient (Wildman–Crippen LogP) is 4.06. The lowest BCUT2D eigenvalue weighted by molar-refractivity contribution is -0.193. The van der Waals surface area contributed by atoms with Crippen LogP contribution in [0.1, 0.15) is 32.4 Å². The van der Waals surface area contributed by atoms with Crippen LogP contribution >= 0.6 is 0 Å². The minimum Gasteiger partial charge on any atom is -0.475 e. The number of ether oxygens (including phenoxy) is 1. The Morgan fingerprint density at radius 2 is 1.36 bits per heavy atom. The zero-order chi connectivity index (χ0) is 32.9. The standard InChI is InChI=1S/C17H27N3O.3C2HF3O2/c1-3-19(4-2)16-13-20(12-14-8-5-6-10-18-14)15-9-7-11-21-17(15)16;3*3-2(4,5)1(6)7/h5-6,8,10,15-17H,3-4,7,9,11-13H2,1-2H3;3*(H,6,7)/t15-,16-,17+;;;/m1.../s1. The van der Waals surface area contributed by atoms with E-state index in [9.17, 15) is 39.5 Å². The van der Waals surface area contributed by atoms with Crippen LogP contribution in [0.5, 0.6) is 0 Å². The molecule has 1 aromatic heterocycles. The highest BCUT2D eigenvalue weighted by atomic mass is 19.4. The van der Waals surface area contributed by atoms with Crippen molar-refractivity contribution in [2.75, 3.05) is 26.2 Å². The van der Waals surface area contributed by atoms with E-state index < -0.39 is 36.4 Å². The lowest BCUT2D eigenvalue weighted by Gasteiger charge is -2.35. The minimum absolute atomic E-state index is 0.377. The van der Waals surface area contributed by atoms with Gasteiger partial charge >= 0.3 is 36.4 Å². The molecule has 2 aliphatic rings. The maximum absolute atomic E-state index is 10.6. The van der Waals surface area contributed by atoms with Crippen molar-refractivity contribution in [1.82, 2.24) is 14.8 Å². The van der Waals surface area contributed by atoms with Crippen LogP contribution in [0.25, 0.3) is 0 Å². The SMILES string of the molecule is CCN(CC)[C@@H]1CN(Cc2ccccn2)[C@@H]2CCCO[C@H]12.O=C(O)C(F)(F)F.O=C(O)C(F)(F)F.O=C(O)C(F)(F)F. The first-order chi connectivity index (χ1) is 19.2. The number of halogens is 9. The first-order valence-electron chi connectivity index (χ1n) is 12.1. The number of likely N-dealkylation sites (N-methyl/N-ethyl adjacent to an activating group) is 1. The van der Waals surface area contributed by atoms with Gasteiger partial charge in [-0.25, -0.2) is 14.4 Å². The molecular formula is C23H30F9N3O7. The number of carbonyl (C=O) groups is 3. The molecule has 0 spiro atoms. The Hall–Kier alpha value is -3.19. The summed E-state index contributed by atoms with van der Waals surface area (Å²) in [7, 11) is 0. The van der Waals surface area contributed by atoms with Crippen LogP contribution < -0.4 is 0 Å². The van der Waals surface area contributed by atoms with Crippen molar-refractivity contribution in [3.8, 4) is 0 Å². The maximum Gasteiger partial charge on any atom is 0.490 e. The van der Waals surface area contributed by atoms with Gasteiger partial charge < -0.3 is 20.1 Å². The van der Waals surface area contributed by atoms with Crippen molar-refractivity contribution >= 4 is 17.9 Å². The van der Waals surface area contributed by atoms with Crippen LogP contribution in [-0.4, -0.2) is 111 Å². The van der Waals surface area contributed by atoms with Gasteiger partial charge in [-0.15, -0.1) is 0 Å². The highest BCUT2D eigenvalue weighted by molar-refractivity contribution is 5.73. The van der Waals surface area contributed by atoms with Crippen molar-refractivity contribution in [1.29, 1.82) is 0 Å². The molecule has 1 aromatic rings. The van der Waals surface area contributed by atoms with Crippen LogP contribution in [0.2, 0.25) is 0 Å². The maximum atomic E-state index is 10.6. The Balaban J connectivity index is 0.000000660. The van der Waals surface area contributed by atoms with Gasteiger partial charge in [-0.3, -0.25) is 14.8 Å². The molecule has 42 heavy (non-hydrogen) atoms. The Kier molecular flexibility index (Phi) is 15.8. The molecule has 3 rings (SSSR count). The first-order valence-corrected chi connectivity index (χ1v) is 12.1. The van der Waals surface area contributed by atoms with E-state index in [1.165, 1.54) is 18.5 Å². The van der Waals surface area contributed by atoms with E-state index in [4.69, 9.17) is 34.4 Å². The van der Waals surface area contributed by atoms with Gasteiger partial charge in [0, 0.05) is 31.9 Å². The second kappa shape index (κ2) is 17.1. The molecule has 0 unspecified atom stereocenters. The second-order valence-electron chi connectivity index (χ2n) is 8.49. The number of hydrogen-bond acceptors (Lipinski definition) is 7. The molecule has 0 saturated carbocycles. The molecule has 0 aliphatic carbocycles. The third-order valence-corrected chi connectivity index (χ3v) is 5.70. The van der Waals surface area contributed by atoms with Crippen molar-refractivity contribution < 1.29 is 74.0 Å². The number of hydrogen-bond donors (Lipinski definition) is 3. The minimum atomic E-state index is -5.08. The summed E-state index contributed by atoms with van der Waals surface area (Å²) in [5.41, 5.74) is 1.17. The van der Waals surface area contributed by atoms with E-state index >= 15 is 0 Å². The molecule has 0 aromatic carbocycles. The number of carboxylic acids is 3. The topological polar surface area (TPSA) is 140 Å². The van der Waals surface area contributed by atoms with Gasteiger partial charge in [-0.1, -0.05) is 19.9 Å². The first kappa shape index (κ1) is 38.8. The van der Waals surface area contributed by atoms with E-state index in [1.807, 2.05) is 12.3 Å². The summed E-state index contributed by atoms with van der Waals surface area (Å²) in [6.45, 7) is 9.69. The summed E-state index contributed by atoms with van der Waals surface area (Å²) in [6, 6.07) is 7.29. The second-order valence-corrected chi connectivity index (χ2v) is 8.49. The van der Waals surface area contributed by atoms with Gasteiger partial charge in [-0.05, 0) is 38.1 Å². The van der Waals surface area contributed by atoms with Crippen LogP contribution in [0.3, 0.4) is 0 Å². The fourth-order valence-electron chi connectivity index (χ4n) is 3.92. The number of likely N-dealkylation sites (tertiary alicyclic amines) is 1. The van der Waals surface area contributed by atoms with Gasteiger partial charge in [0.25, 0.3) is 0 Å². The number of pyridine rings is 1. The summed E-state index contributed by atoms with van der Waals surface area (Å²) >= 11 is 0. The molecule has 10 nitrogen and oxygen atoms in total. The molecule has 3 N–H and O–H groups in total. The number of carboxylic acid groups (broad SMARTS) is 3. The fraction of sp³-hybridized carbons (Fsp3) is 0.652. The van der Waals surface area contributed by atoms with Crippen LogP contribution in [0.4, 0.5) is 39.5 Å². The monoisotopic (exact) mass is 631 g/mol. The molecule has 2 aliphatic heterocycles. The normalized spacial score (nSPS) is 20.5. The van der Waals surface area contributed by atoms with Crippen molar-refractivity contribution in [3.63, 3.8) is 0 Å². The van der Waals surface area contributed by atoms with E-state index in [0.29, 0.717) is 18.2 Å². The van der Waals surface area contributed by atoms with E-state index in [2.05, 4.69) is 40.8 Å². The number of alkyl halides is 9. The molecular weight excluding hydrogens is 601 g/mol. The molecule has 2 saturated heterocycles. The largest absolute Gasteiger partial charge is 0.490 e. The van der Waals surface area contributed by atoms with E-state index in [1.54, 1.807) is 0 Å². The summed E-state index contributed by atoms with van der Waals surface area (Å²) in [4.78, 5) is 36.3. The zero-order valence-electron chi connectivity index (χ0n) is 22.2. The molecule has 19 heteroatoms. The number of fused-ring (bicyclic) bond motifs is 1. The third-order valence-electron chi connectivity index (χ3n) is 5.70. The van der Waals surface area contributed by atoms with Gasteiger partial charge in [0.15, 0.2) is 0 Å². The Bertz CT molecular complexity index is 916. The van der Waals surface area contributed by atoms with Crippen molar-refractivity contribution in [3.05, 3.63) is 30.1 Å². The lowest BCUT2D eigenvalue weighted by atomic mass is 10.00. The highest BCUT2D eigenvalue weighted by Gasteiger charge is 2.45. The average Bonchev–Trinajstić information content (AvgIpc) is 3.23. The number of rotatable bonds is 5. The average molecular weight is 631 g/mol. The molecule has 0 radical (unpaired) electrons. The summed E-state index contributed by atoms with van der Waals surface area (Å²) in [5, 5.41) is 21.4. The van der Waals surface area contributed by atoms with E-state index in [0.717, 1.165) is 32.8 Å². The Labute approximate surface area is 233 Å². The van der Waals surface area contributed by atoms with Gasteiger partial charge in [-0.2, -0.15) is 39.5 Å². The van der Waals surface area contributed by atoms with Crippen molar-refractivity contribution in [2.45, 2.75) is 70.0 Å². The summed E-state index contributed by atoms with van der Waals surface area (Å²) in [6.07, 6.45) is -10.5. The van der Waals surface area contributed by atoms with Crippen LogP contribution in [0.15, 0.2) is 24.4 Å². The Morgan fingerprint density at radius 3 is 1.71 bits per heavy atom. The summed E-state index contributed by atoms with van der Waals surface area (Å²) in [5.74, 6) is -8.27. The number of aromatic nitrogens is 1. The fourth-order valence-corrected chi connectivity index (χ4v) is 3.92. The molecule has 0 amide bonds. The van der Waals surface area contributed by atoms with Gasteiger partial charge in [0.2, 0.25) is 0 Å². The molecule has 2 fully saturated rings. The number of nitrogens with zero attached hydrogens (tertiary/aromatic N) is 3. The van der Waals surface area contributed by atoms with Crippen molar-refractivity contribution in [2.24, 2.45) is 0 Å². The smallest absolute Gasteiger partial charge is 0.475 e.